The van der Waals surface area contributed by atoms with Crippen LogP contribution in [-0.2, 0) is 9.84 Å². The summed E-state index contributed by atoms with van der Waals surface area (Å²) in [6.45, 7) is -0.0528. The highest BCUT2D eigenvalue weighted by Crippen LogP contribution is 2.34. The first-order valence-electron chi connectivity index (χ1n) is 2.77. The Morgan fingerprint density at radius 1 is 1.00 bits per heavy atom. The van der Waals surface area contributed by atoms with Crippen molar-refractivity contribution in [3.63, 3.8) is 0 Å². The van der Waals surface area contributed by atoms with Crippen LogP contribution in [0.2, 0.25) is 0 Å². The van der Waals surface area contributed by atoms with Crippen LogP contribution in [0.4, 0.5) is 26.3 Å². The van der Waals surface area contributed by atoms with E-state index in [1.165, 1.54) is 0 Å². The molecule has 0 bridgehead atoms. The number of halogens is 6. The molecule has 0 amide bonds. The largest absolute Gasteiger partial charge is 0.498 e. The van der Waals surface area contributed by atoms with Crippen molar-refractivity contribution >= 4 is 9.84 Å². The third-order valence-electron chi connectivity index (χ3n) is 1.25. The van der Waals surface area contributed by atoms with E-state index < -0.39 is 26.8 Å². The molecule has 80 valence electrons. The molecule has 0 saturated heterocycles. The van der Waals surface area contributed by atoms with Gasteiger partial charge >= 0.3 is 11.7 Å². The van der Waals surface area contributed by atoms with Crippen molar-refractivity contribution < 1.29 is 34.8 Å². The maximum Gasteiger partial charge on any atom is 0.498 e. The van der Waals surface area contributed by atoms with E-state index in [0.717, 1.165) is 0 Å². The van der Waals surface area contributed by atoms with Crippen LogP contribution in [0.5, 0.6) is 0 Å². The topological polar surface area (TPSA) is 34.1 Å². The highest BCUT2D eigenvalue weighted by molar-refractivity contribution is 7.92. The minimum absolute atomic E-state index is 0.0528. The maximum absolute atomic E-state index is 11.6. The van der Waals surface area contributed by atoms with Crippen molar-refractivity contribution in [3.8, 4) is 0 Å². The van der Waals surface area contributed by atoms with Crippen LogP contribution < -0.4 is 0 Å². The number of alkyl halides is 6. The molecule has 0 aliphatic heterocycles. The van der Waals surface area contributed by atoms with Gasteiger partial charge in [-0.2, -0.15) is 26.3 Å². The zero-order valence-electron chi connectivity index (χ0n) is 6.07. The first kappa shape index (κ1) is 12.5. The number of rotatable bonds is 1. The molecule has 0 aromatic rings. The second-order valence-electron chi connectivity index (χ2n) is 2.17. The Hall–Kier alpha value is -0.470. The van der Waals surface area contributed by atoms with E-state index in [9.17, 15) is 34.8 Å². The molecule has 0 fully saturated rings. The standard InChI is InChI=1S/C4H4F6O2S/c1-2(3(5,6)7)13(11,12)4(8,9)10/h2H,1H3. The lowest BCUT2D eigenvalue weighted by Gasteiger charge is -2.17. The Morgan fingerprint density at radius 3 is 1.38 bits per heavy atom. The minimum Gasteiger partial charge on any atom is -0.219 e. The highest BCUT2D eigenvalue weighted by atomic mass is 32.2. The van der Waals surface area contributed by atoms with Crippen molar-refractivity contribution in [2.24, 2.45) is 0 Å². The van der Waals surface area contributed by atoms with E-state index in [1.807, 2.05) is 0 Å². The fourth-order valence-corrected chi connectivity index (χ4v) is 1.13. The van der Waals surface area contributed by atoms with Gasteiger partial charge in [-0.1, -0.05) is 0 Å². The van der Waals surface area contributed by atoms with Crippen LogP contribution in [0.3, 0.4) is 0 Å². The summed E-state index contributed by atoms with van der Waals surface area (Å²) in [5.41, 5.74) is -5.87. The van der Waals surface area contributed by atoms with Gasteiger partial charge in [-0.05, 0) is 6.92 Å². The van der Waals surface area contributed by atoms with Crippen LogP contribution in [0.1, 0.15) is 6.92 Å². The molecule has 1 unspecified atom stereocenters. The van der Waals surface area contributed by atoms with E-state index in [1.54, 1.807) is 0 Å². The van der Waals surface area contributed by atoms with Gasteiger partial charge in [-0.3, -0.25) is 0 Å². The predicted octanol–water partition coefficient (Wildman–Crippen LogP) is 1.87. The fraction of sp³-hybridized carbons (Fsp3) is 1.00. The lowest BCUT2D eigenvalue weighted by Crippen LogP contribution is -2.41. The predicted molar refractivity (Wildman–Crippen MR) is 30.5 cm³/mol. The first-order chi connectivity index (χ1) is 5.40. The molecule has 0 heterocycles. The van der Waals surface area contributed by atoms with Crippen LogP contribution >= 0.6 is 0 Å². The van der Waals surface area contributed by atoms with Gasteiger partial charge in [0.25, 0.3) is 9.84 Å². The van der Waals surface area contributed by atoms with Crippen LogP contribution in [0.15, 0.2) is 0 Å². The second-order valence-corrected chi connectivity index (χ2v) is 4.43. The van der Waals surface area contributed by atoms with Crippen molar-refractivity contribution in [2.45, 2.75) is 23.9 Å². The van der Waals surface area contributed by atoms with Crippen LogP contribution in [0, 0.1) is 0 Å². The number of hydrogen-bond acceptors (Lipinski definition) is 2. The first-order valence-corrected chi connectivity index (χ1v) is 4.32. The quantitative estimate of drug-likeness (QED) is 0.644. The van der Waals surface area contributed by atoms with Crippen LogP contribution in [-0.4, -0.2) is 25.4 Å². The average Bonchev–Trinajstić information content (AvgIpc) is 1.81. The molecular formula is C4H4F6O2S. The lowest BCUT2D eigenvalue weighted by atomic mass is 10.5. The van der Waals surface area contributed by atoms with Crippen molar-refractivity contribution in [3.05, 3.63) is 0 Å². The van der Waals surface area contributed by atoms with Gasteiger partial charge in [0, 0.05) is 0 Å². The maximum atomic E-state index is 11.6. The summed E-state index contributed by atoms with van der Waals surface area (Å²) in [6.07, 6.45) is -5.41. The zero-order chi connectivity index (χ0) is 11.1. The number of hydrogen-bond donors (Lipinski definition) is 0. The summed E-state index contributed by atoms with van der Waals surface area (Å²) in [5, 5.41) is -3.43. The van der Waals surface area contributed by atoms with E-state index >= 15 is 0 Å². The van der Waals surface area contributed by atoms with E-state index in [4.69, 9.17) is 0 Å². The molecule has 13 heavy (non-hydrogen) atoms. The van der Waals surface area contributed by atoms with Gasteiger partial charge in [0.15, 0.2) is 5.25 Å². The molecule has 0 aliphatic carbocycles. The molecule has 0 aliphatic rings. The molecule has 1 atom stereocenters. The SMILES string of the molecule is CC(C(F)(F)F)S(=O)(=O)C(F)(F)F. The fourth-order valence-electron chi connectivity index (χ4n) is 0.376. The molecule has 0 N–H and O–H groups in total. The molecule has 0 rings (SSSR count). The Bertz CT molecular complexity index is 272. The van der Waals surface area contributed by atoms with Gasteiger partial charge in [0.2, 0.25) is 0 Å². The van der Waals surface area contributed by atoms with Crippen molar-refractivity contribution in [1.82, 2.24) is 0 Å². The molecule has 9 heteroatoms. The zero-order valence-corrected chi connectivity index (χ0v) is 6.89. The van der Waals surface area contributed by atoms with Crippen molar-refractivity contribution in [2.75, 3.05) is 0 Å². The highest BCUT2D eigenvalue weighted by Gasteiger charge is 2.58. The molecule has 0 aromatic carbocycles. The number of sulfone groups is 1. The summed E-state index contributed by atoms with van der Waals surface area (Å²) < 4.78 is 89.7. The third kappa shape index (κ3) is 2.48. The summed E-state index contributed by atoms with van der Waals surface area (Å²) in [5.74, 6) is 0. The Balaban J connectivity index is 5.12. The van der Waals surface area contributed by atoms with Gasteiger partial charge in [0.05, 0.1) is 0 Å². The average molecular weight is 230 g/mol. The van der Waals surface area contributed by atoms with Gasteiger partial charge < -0.3 is 0 Å². The van der Waals surface area contributed by atoms with E-state index in [-0.39, 0.29) is 6.92 Å². The molecular weight excluding hydrogens is 226 g/mol. The van der Waals surface area contributed by atoms with Crippen LogP contribution in [0.25, 0.3) is 0 Å². The Morgan fingerprint density at radius 2 is 1.31 bits per heavy atom. The smallest absolute Gasteiger partial charge is 0.219 e. The second kappa shape index (κ2) is 3.03. The molecule has 0 spiro atoms. The molecule has 2 nitrogen and oxygen atoms in total. The third-order valence-corrected chi connectivity index (χ3v) is 3.09. The lowest BCUT2D eigenvalue weighted by molar-refractivity contribution is -0.131. The molecule has 0 saturated carbocycles. The molecule has 0 aromatic heterocycles. The molecule has 0 radical (unpaired) electrons. The van der Waals surface area contributed by atoms with Gasteiger partial charge in [-0.25, -0.2) is 8.42 Å². The van der Waals surface area contributed by atoms with E-state index in [0.29, 0.717) is 0 Å². The normalized spacial score (nSPS) is 17.2. The summed E-state index contributed by atoms with van der Waals surface area (Å²) in [4.78, 5) is 0. The van der Waals surface area contributed by atoms with E-state index in [2.05, 4.69) is 0 Å². The Labute approximate surface area is 69.5 Å². The summed E-state index contributed by atoms with van der Waals surface area (Å²) >= 11 is 0. The monoisotopic (exact) mass is 230 g/mol. The van der Waals surface area contributed by atoms with Crippen molar-refractivity contribution in [1.29, 1.82) is 0 Å². The summed E-state index contributed by atoms with van der Waals surface area (Å²) in [7, 11) is -6.16. The Kier molecular flexibility index (Phi) is 2.92. The minimum atomic E-state index is -6.16. The summed E-state index contributed by atoms with van der Waals surface area (Å²) in [6, 6.07) is 0. The van der Waals surface area contributed by atoms with Gasteiger partial charge in [-0.15, -0.1) is 0 Å². The van der Waals surface area contributed by atoms with Gasteiger partial charge in [0.1, 0.15) is 0 Å².